The summed E-state index contributed by atoms with van der Waals surface area (Å²) in [6.45, 7) is 0.632. The number of esters is 1. The Morgan fingerprint density at radius 3 is 2.67 bits per heavy atom. The summed E-state index contributed by atoms with van der Waals surface area (Å²) < 4.78 is 9.60. The molecule has 0 fully saturated rings. The van der Waals surface area contributed by atoms with Crippen LogP contribution in [0.1, 0.15) is 10.4 Å². The first-order valence-electron chi connectivity index (χ1n) is 5.65. The predicted molar refractivity (Wildman–Crippen MR) is 68.9 cm³/mol. The molecule has 1 rings (SSSR count). The van der Waals surface area contributed by atoms with Crippen LogP contribution in [0.25, 0.3) is 0 Å². The Morgan fingerprint density at radius 2 is 2.06 bits per heavy atom. The van der Waals surface area contributed by atoms with E-state index in [-0.39, 0.29) is 6.61 Å². The number of hydrogen-bond acceptors (Lipinski definition) is 5. The predicted octanol–water partition coefficient (Wildman–Crippen LogP) is 0.917. The maximum Gasteiger partial charge on any atom is 0.339 e. The van der Waals surface area contributed by atoms with Gasteiger partial charge in [0, 0.05) is 20.7 Å². The van der Waals surface area contributed by atoms with Crippen molar-refractivity contribution in [3.63, 3.8) is 0 Å². The van der Waals surface area contributed by atoms with Gasteiger partial charge in [-0.15, -0.1) is 0 Å². The number of ether oxygens (including phenoxy) is 2. The molecule has 0 aliphatic heterocycles. The summed E-state index contributed by atoms with van der Waals surface area (Å²) in [7, 11) is 4.69. The lowest BCUT2D eigenvalue weighted by molar-refractivity contribution is 0.0599. The van der Waals surface area contributed by atoms with Crippen LogP contribution in [0.4, 0.5) is 5.69 Å². The molecule has 0 aliphatic rings. The maximum absolute atomic E-state index is 11.6. The third kappa shape index (κ3) is 3.72. The zero-order valence-electron chi connectivity index (χ0n) is 10.9. The molecular weight excluding hydrogens is 234 g/mol. The van der Waals surface area contributed by atoms with Crippen LogP contribution in [-0.2, 0) is 9.47 Å². The molecule has 0 heterocycles. The third-order valence-electron chi connectivity index (χ3n) is 2.56. The van der Waals surface area contributed by atoms with Gasteiger partial charge in [-0.25, -0.2) is 4.79 Å². The highest BCUT2D eigenvalue weighted by Crippen LogP contribution is 2.20. The second-order valence-electron chi connectivity index (χ2n) is 4.00. The average molecular weight is 253 g/mol. The van der Waals surface area contributed by atoms with E-state index in [1.807, 2.05) is 12.1 Å². The summed E-state index contributed by atoms with van der Waals surface area (Å²) in [4.78, 5) is 13.4. The van der Waals surface area contributed by atoms with E-state index in [1.54, 1.807) is 24.1 Å². The molecule has 1 atom stereocenters. The summed E-state index contributed by atoms with van der Waals surface area (Å²) in [6.07, 6.45) is -0.606. The number of nitrogens with zero attached hydrogens (tertiary/aromatic N) is 1. The van der Waals surface area contributed by atoms with Gasteiger partial charge in [0.1, 0.15) is 0 Å². The normalized spacial score (nSPS) is 12.0. The number of carbonyl (C=O) groups excluding carboxylic acids is 1. The first-order chi connectivity index (χ1) is 8.60. The molecule has 1 aromatic carbocycles. The van der Waals surface area contributed by atoms with Crippen LogP contribution in [0.2, 0.25) is 0 Å². The van der Waals surface area contributed by atoms with Crippen molar-refractivity contribution < 1.29 is 19.4 Å². The van der Waals surface area contributed by atoms with Crippen LogP contribution >= 0.6 is 0 Å². The van der Waals surface area contributed by atoms with E-state index < -0.39 is 12.1 Å². The van der Waals surface area contributed by atoms with Gasteiger partial charge >= 0.3 is 5.97 Å². The van der Waals surface area contributed by atoms with Gasteiger partial charge in [0.25, 0.3) is 0 Å². The van der Waals surface area contributed by atoms with Crippen LogP contribution in [0.5, 0.6) is 0 Å². The molecule has 1 aromatic rings. The lowest BCUT2D eigenvalue weighted by Gasteiger charge is -2.24. The highest BCUT2D eigenvalue weighted by Gasteiger charge is 2.16. The number of para-hydroxylation sites is 1. The smallest absolute Gasteiger partial charge is 0.339 e. The molecule has 5 nitrogen and oxygen atoms in total. The van der Waals surface area contributed by atoms with E-state index >= 15 is 0 Å². The Balaban J connectivity index is 2.84. The van der Waals surface area contributed by atoms with Crippen molar-refractivity contribution in [1.82, 2.24) is 0 Å². The highest BCUT2D eigenvalue weighted by atomic mass is 16.5. The van der Waals surface area contributed by atoms with E-state index in [2.05, 4.69) is 0 Å². The minimum atomic E-state index is -0.606. The molecular formula is C13H19NO4. The minimum Gasteiger partial charge on any atom is -0.465 e. The summed E-state index contributed by atoms with van der Waals surface area (Å²) in [5, 5.41) is 9.68. The Morgan fingerprint density at radius 1 is 1.39 bits per heavy atom. The van der Waals surface area contributed by atoms with Gasteiger partial charge < -0.3 is 19.5 Å². The molecule has 0 aliphatic carbocycles. The van der Waals surface area contributed by atoms with E-state index in [1.165, 1.54) is 14.2 Å². The van der Waals surface area contributed by atoms with E-state index in [9.17, 15) is 9.90 Å². The molecule has 1 unspecified atom stereocenters. The first-order valence-corrected chi connectivity index (χ1v) is 5.65. The van der Waals surface area contributed by atoms with Crippen molar-refractivity contribution in [2.75, 3.05) is 39.3 Å². The van der Waals surface area contributed by atoms with Crippen molar-refractivity contribution >= 4 is 11.7 Å². The van der Waals surface area contributed by atoms with Crippen molar-refractivity contribution in [2.24, 2.45) is 0 Å². The monoisotopic (exact) mass is 253 g/mol. The van der Waals surface area contributed by atoms with Crippen molar-refractivity contribution in [3.05, 3.63) is 29.8 Å². The van der Waals surface area contributed by atoms with Crippen molar-refractivity contribution in [3.8, 4) is 0 Å². The molecule has 0 spiro atoms. The van der Waals surface area contributed by atoms with Crippen LogP contribution in [0, 0.1) is 0 Å². The van der Waals surface area contributed by atoms with Crippen LogP contribution in [0.15, 0.2) is 24.3 Å². The largest absolute Gasteiger partial charge is 0.465 e. The fourth-order valence-corrected chi connectivity index (χ4v) is 1.75. The fraction of sp³-hybridized carbons (Fsp3) is 0.462. The number of rotatable bonds is 6. The number of anilines is 1. The van der Waals surface area contributed by atoms with Gasteiger partial charge in [-0.2, -0.15) is 0 Å². The van der Waals surface area contributed by atoms with E-state index in [4.69, 9.17) is 9.47 Å². The van der Waals surface area contributed by atoms with Gasteiger partial charge in [-0.05, 0) is 12.1 Å². The SMILES string of the molecule is COCC(O)CN(C)c1ccccc1C(=O)OC. The van der Waals surface area contributed by atoms with Crippen LogP contribution in [-0.4, -0.2) is 51.6 Å². The first kappa shape index (κ1) is 14.5. The quantitative estimate of drug-likeness (QED) is 0.764. The number of benzene rings is 1. The minimum absolute atomic E-state index is 0.255. The van der Waals surface area contributed by atoms with Gasteiger partial charge in [0.2, 0.25) is 0 Å². The summed E-state index contributed by atoms with van der Waals surface area (Å²) >= 11 is 0. The third-order valence-corrected chi connectivity index (χ3v) is 2.56. The van der Waals surface area contributed by atoms with E-state index in [0.29, 0.717) is 12.1 Å². The molecule has 5 heteroatoms. The zero-order chi connectivity index (χ0) is 13.5. The number of aliphatic hydroxyl groups excluding tert-OH is 1. The van der Waals surface area contributed by atoms with Crippen LogP contribution in [0.3, 0.4) is 0 Å². The lowest BCUT2D eigenvalue weighted by Crippen LogP contribution is -2.32. The number of carbonyl (C=O) groups is 1. The molecule has 0 saturated carbocycles. The average Bonchev–Trinajstić information content (AvgIpc) is 2.38. The Bertz CT molecular complexity index is 394. The molecule has 18 heavy (non-hydrogen) atoms. The summed E-state index contributed by atoms with van der Waals surface area (Å²) in [5.74, 6) is -0.390. The molecule has 0 saturated heterocycles. The van der Waals surface area contributed by atoms with E-state index in [0.717, 1.165) is 5.69 Å². The number of aliphatic hydroxyl groups is 1. The second-order valence-corrected chi connectivity index (χ2v) is 4.00. The molecule has 1 N–H and O–H groups in total. The lowest BCUT2D eigenvalue weighted by atomic mass is 10.1. The molecule has 100 valence electrons. The standard InChI is InChI=1S/C13H19NO4/c1-14(8-10(15)9-17-2)12-7-5-4-6-11(12)13(16)18-3/h4-7,10,15H,8-9H2,1-3H3. The Labute approximate surface area is 107 Å². The van der Waals surface area contributed by atoms with Gasteiger partial charge in [0.15, 0.2) is 0 Å². The van der Waals surface area contributed by atoms with Crippen LogP contribution < -0.4 is 4.90 Å². The number of methoxy groups -OCH3 is 2. The maximum atomic E-state index is 11.6. The summed E-state index contributed by atoms with van der Waals surface area (Å²) in [5.41, 5.74) is 1.20. The number of likely N-dealkylation sites (N-methyl/N-ethyl adjacent to an activating group) is 1. The molecule has 0 bridgehead atoms. The number of hydrogen-bond donors (Lipinski definition) is 1. The molecule has 0 aromatic heterocycles. The highest BCUT2D eigenvalue weighted by molar-refractivity contribution is 5.95. The van der Waals surface area contributed by atoms with Gasteiger partial charge in [-0.3, -0.25) is 0 Å². The van der Waals surface area contributed by atoms with Gasteiger partial charge in [-0.1, -0.05) is 12.1 Å². The fourth-order valence-electron chi connectivity index (χ4n) is 1.75. The second kappa shape index (κ2) is 6.98. The topological polar surface area (TPSA) is 59.0 Å². The van der Waals surface area contributed by atoms with Gasteiger partial charge in [0.05, 0.1) is 31.1 Å². The summed E-state index contributed by atoms with van der Waals surface area (Å²) in [6, 6.07) is 7.11. The van der Waals surface area contributed by atoms with Crippen molar-refractivity contribution in [2.45, 2.75) is 6.10 Å². The zero-order valence-corrected chi connectivity index (χ0v) is 10.9. The molecule has 0 amide bonds. The Hall–Kier alpha value is -1.59. The van der Waals surface area contributed by atoms with Crippen molar-refractivity contribution in [1.29, 1.82) is 0 Å². The Kier molecular flexibility index (Phi) is 5.61. The molecule has 0 radical (unpaired) electrons.